The van der Waals surface area contributed by atoms with Crippen molar-refractivity contribution in [1.29, 1.82) is 0 Å². The van der Waals surface area contributed by atoms with Crippen LogP contribution in [0.5, 0.6) is 0 Å². The molecular formula is C24H38ClN3O2. The summed E-state index contributed by atoms with van der Waals surface area (Å²) >= 11 is 6.09. The smallest absolute Gasteiger partial charge is 0.222 e. The number of carbonyl (C=O) groups is 2. The van der Waals surface area contributed by atoms with Gasteiger partial charge in [-0.05, 0) is 36.5 Å². The van der Waals surface area contributed by atoms with Gasteiger partial charge in [-0.2, -0.15) is 0 Å². The van der Waals surface area contributed by atoms with E-state index in [1.54, 1.807) is 0 Å². The third-order valence-corrected chi connectivity index (χ3v) is 6.23. The van der Waals surface area contributed by atoms with Gasteiger partial charge in [0, 0.05) is 56.3 Å². The van der Waals surface area contributed by atoms with Crippen LogP contribution in [0.4, 0.5) is 5.69 Å². The first-order valence-electron chi connectivity index (χ1n) is 11.5. The number of anilines is 1. The molecule has 2 amide bonds. The van der Waals surface area contributed by atoms with Gasteiger partial charge in [0.1, 0.15) is 0 Å². The molecule has 1 N–H and O–H groups in total. The Labute approximate surface area is 187 Å². The molecular weight excluding hydrogens is 398 g/mol. The minimum Gasteiger partial charge on any atom is -0.368 e. The summed E-state index contributed by atoms with van der Waals surface area (Å²) in [6.45, 7) is 10.1. The van der Waals surface area contributed by atoms with E-state index in [0.717, 1.165) is 36.8 Å². The molecule has 1 heterocycles. The average molecular weight is 436 g/mol. The predicted octanol–water partition coefficient (Wildman–Crippen LogP) is 4.74. The molecule has 2 rings (SSSR count). The van der Waals surface area contributed by atoms with Crippen LogP contribution in [0, 0.1) is 11.8 Å². The van der Waals surface area contributed by atoms with Crippen LogP contribution >= 0.6 is 11.6 Å². The van der Waals surface area contributed by atoms with Gasteiger partial charge in [-0.3, -0.25) is 9.59 Å². The maximum atomic E-state index is 12.7. The molecule has 1 aromatic rings. The van der Waals surface area contributed by atoms with Crippen molar-refractivity contribution >= 4 is 29.1 Å². The molecule has 2 atom stereocenters. The Hall–Kier alpha value is -1.75. The Morgan fingerprint density at radius 1 is 1.13 bits per heavy atom. The monoisotopic (exact) mass is 435 g/mol. The number of hydrogen-bond acceptors (Lipinski definition) is 3. The number of carbonyl (C=O) groups excluding carboxylic acids is 2. The van der Waals surface area contributed by atoms with Crippen LogP contribution in [-0.2, 0) is 9.59 Å². The van der Waals surface area contributed by atoms with E-state index in [4.69, 9.17) is 11.6 Å². The lowest BCUT2D eigenvalue weighted by Gasteiger charge is -2.36. The first-order chi connectivity index (χ1) is 14.4. The van der Waals surface area contributed by atoms with Crippen molar-refractivity contribution < 1.29 is 9.59 Å². The minimum atomic E-state index is 0.0548. The van der Waals surface area contributed by atoms with Crippen molar-refractivity contribution in [3.05, 3.63) is 29.3 Å². The molecule has 0 aromatic heterocycles. The summed E-state index contributed by atoms with van der Waals surface area (Å²) in [6.07, 6.45) is 5.51. The summed E-state index contributed by atoms with van der Waals surface area (Å²) < 4.78 is 0. The molecule has 0 spiro atoms. The number of unbranched alkanes of at least 4 members (excludes halogenated alkanes) is 1. The number of hydrogen-bond donors (Lipinski definition) is 1. The highest BCUT2D eigenvalue weighted by atomic mass is 35.5. The zero-order chi connectivity index (χ0) is 21.9. The van der Waals surface area contributed by atoms with Gasteiger partial charge in [0.05, 0.1) is 0 Å². The van der Waals surface area contributed by atoms with Crippen molar-refractivity contribution in [2.45, 2.75) is 59.3 Å². The van der Waals surface area contributed by atoms with E-state index in [1.165, 1.54) is 19.3 Å². The molecule has 1 aromatic carbocycles. The van der Waals surface area contributed by atoms with E-state index in [2.05, 4.69) is 30.1 Å². The second-order valence-electron chi connectivity index (χ2n) is 8.58. The van der Waals surface area contributed by atoms with Gasteiger partial charge >= 0.3 is 0 Å². The first kappa shape index (κ1) is 24.5. The Bertz CT molecular complexity index is 674. The highest BCUT2D eigenvalue weighted by Crippen LogP contribution is 2.21. The van der Waals surface area contributed by atoms with Gasteiger partial charge < -0.3 is 15.1 Å². The van der Waals surface area contributed by atoms with Crippen LogP contribution in [0.1, 0.15) is 59.3 Å². The molecule has 5 nitrogen and oxygen atoms in total. The molecule has 1 fully saturated rings. The molecule has 1 saturated heterocycles. The molecule has 6 heteroatoms. The number of amides is 2. The van der Waals surface area contributed by atoms with Crippen LogP contribution in [0.25, 0.3) is 0 Å². The van der Waals surface area contributed by atoms with Crippen LogP contribution in [-0.4, -0.2) is 49.4 Å². The quantitative estimate of drug-likeness (QED) is 0.546. The highest BCUT2D eigenvalue weighted by Gasteiger charge is 2.23. The normalized spacial score (nSPS) is 16.3. The molecule has 30 heavy (non-hydrogen) atoms. The third-order valence-electron chi connectivity index (χ3n) is 5.99. The van der Waals surface area contributed by atoms with E-state index in [-0.39, 0.29) is 17.7 Å². The van der Waals surface area contributed by atoms with Crippen molar-refractivity contribution in [2.24, 2.45) is 11.8 Å². The molecule has 0 unspecified atom stereocenters. The van der Waals surface area contributed by atoms with E-state index < -0.39 is 0 Å². The summed E-state index contributed by atoms with van der Waals surface area (Å²) in [6, 6.07) is 7.84. The fourth-order valence-electron chi connectivity index (χ4n) is 3.98. The van der Waals surface area contributed by atoms with Gasteiger partial charge in [-0.25, -0.2) is 0 Å². The van der Waals surface area contributed by atoms with Crippen molar-refractivity contribution in [2.75, 3.05) is 37.6 Å². The molecule has 168 valence electrons. The van der Waals surface area contributed by atoms with Crippen molar-refractivity contribution in [1.82, 2.24) is 10.2 Å². The van der Waals surface area contributed by atoms with Gasteiger partial charge in [-0.15, -0.1) is 0 Å². The average Bonchev–Trinajstić information content (AvgIpc) is 2.74. The summed E-state index contributed by atoms with van der Waals surface area (Å²) in [4.78, 5) is 29.1. The Morgan fingerprint density at radius 2 is 1.87 bits per heavy atom. The first-order valence-corrected chi connectivity index (χ1v) is 11.9. The lowest BCUT2D eigenvalue weighted by atomic mass is 9.98. The van der Waals surface area contributed by atoms with E-state index in [1.807, 2.05) is 30.0 Å². The predicted molar refractivity (Wildman–Crippen MR) is 125 cm³/mol. The topological polar surface area (TPSA) is 52.7 Å². The van der Waals surface area contributed by atoms with Gasteiger partial charge in [-0.1, -0.05) is 57.7 Å². The van der Waals surface area contributed by atoms with Crippen LogP contribution in [0.3, 0.4) is 0 Å². The van der Waals surface area contributed by atoms with Crippen LogP contribution < -0.4 is 10.2 Å². The van der Waals surface area contributed by atoms with E-state index in [9.17, 15) is 9.59 Å². The van der Waals surface area contributed by atoms with Crippen molar-refractivity contribution in [3.8, 4) is 0 Å². The largest absolute Gasteiger partial charge is 0.368 e. The summed E-state index contributed by atoms with van der Waals surface area (Å²) in [5.41, 5.74) is 1.10. The lowest BCUT2D eigenvalue weighted by Crippen LogP contribution is -2.49. The molecule has 1 aliphatic rings. The molecule has 0 saturated carbocycles. The number of halogens is 1. The molecule has 1 aliphatic heterocycles. The van der Waals surface area contributed by atoms with Crippen LogP contribution in [0.15, 0.2) is 24.3 Å². The lowest BCUT2D eigenvalue weighted by molar-refractivity contribution is -0.132. The Morgan fingerprint density at radius 3 is 2.50 bits per heavy atom. The summed E-state index contributed by atoms with van der Waals surface area (Å²) in [7, 11) is 0. The van der Waals surface area contributed by atoms with Crippen LogP contribution in [0.2, 0.25) is 5.02 Å². The highest BCUT2D eigenvalue weighted by molar-refractivity contribution is 6.30. The number of benzene rings is 1. The number of nitrogens with one attached hydrogen (secondary N) is 1. The zero-order valence-electron chi connectivity index (χ0n) is 18.8. The Balaban J connectivity index is 1.69. The van der Waals surface area contributed by atoms with E-state index in [0.29, 0.717) is 31.8 Å². The molecule has 0 aliphatic carbocycles. The molecule has 0 bridgehead atoms. The fraction of sp³-hybridized carbons (Fsp3) is 0.667. The van der Waals surface area contributed by atoms with Gasteiger partial charge in [0.15, 0.2) is 0 Å². The standard InChI is InChI=1S/C24H38ClN3O2/c1-4-6-8-20(5-2)18-26-23(29)15-19(3)16-24(30)28-13-11-27(12-14-28)22-10-7-9-21(25)17-22/h7,9-10,17,19-20H,4-6,8,11-16,18H2,1-3H3,(H,26,29)/t19-,20-/m1/s1. The second kappa shape index (κ2) is 12.8. The third kappa shape index (κ3) is 8.17. The summed E-state index contributed by atoms with van der Waals surface area (Å²) in [5, 5.41) is 3.80. The Kier molecular flexibility index (Phi) is 10.5. The van der Waals surface area contributed by atoms with Gasteiger partial charge in [0.2, 0.25) is 11.8 Å². The fourth-order valence-corrected chi connectivity index (χ4v) is 4.16. The van der Waals surface area contributed by atoms with E-state index >= 15 is 0 Å². The van der Waals surface area contributed by atoms with Crippen molar-refractivity contribution in [3.63, 3.8) is 0 Å². The SMILES string of the molecule is CCCC[C@@H](CC)CNC(=O)C[C@@H](C)CC(=O)N1CCN(c2cccc(Cl)c2)CC1. The van der Waals surface area contributed by atoms with Gasteiger partial charge in [0.25, 0.3) is 0 Å². The molecule has 0 radical (unpaired) electrons. The number of piperazine rings is 1. The number of rotatable bonds is 11. The minimum absolute atomic E-state index is 0.0548. The second-order valence-corrected chi connectivity index (χ2v) is 9.02. The maximum absolute atomic E-state index is 12.7. The zero-order valence-corrected chi connectivity index (χ0v) is 19.6. The summed E-state index contributed by atoms with van der Waals surface area (Å²) in [5.74, 6) is 0.826. The maximum Gasteiger partial charge on any atom is 0.222 e. The number of nitrogens with zero attached hydrogens (tertiary/aromatic N) is 2.